The highest BCUT2D eigenvalue weighted by molar-refractivity contribution is 6.38. The number of benzene rings is 2. The van der Waals surface area contributed by atoms with Crippen molar-refractivity contribution in [3.8, 4) is 11.3 Å². The predicted molar refractivity (Wildman–Crippen MR) is 116 cm³/mol. The van der Waals surface area contributed by atoms with E-state index >= 15 is 0 Å². The highest BCUT2D eigenvalue weighted by Gasteiger charge is 2.13. The van der Waals surface area contributed by atoms with E-state index in [0.717, 1.165) is 10.9 Å². The van der Waals surface area contributed by atoms with E-state index in [9.17, 15) is 4.79 Å². The molecule has 0 aliphatic heterocycles. The van der Waals surface area contributed by atoms with Crippen LogP contribution >= 0.6 is 23.2 Å². The molecule has 2 heterocycles. The second-order valence-electron chi connectivity index (χ2n) is 6.15. The van der Waals surface area contributed by atoms with E-state index in [2.05, 4.69) is 20.5 Å². The summed E-state index contributed by atoms with van der Waals surface area (Å²) in [6.07, 6.45) is 4.82. The molecule has 4 aromatic rings. The normalized spacial score (nSPS) is 11.1. The molecule has 0 unspecified atom stereocenters. The Kier molecular flexibility index (Phi) is 5.51. The number of hydrogen-bond donors (Lipinski definition) is 1. The molecule has 0 fully saturated rings. The fourth-order valence-corrected chi connectivity index (χ4v) is 3.37. The van der Waals surface area contributed by atoms with Gasteiger partial charge in [-0.05, 0) is 36.4 Å². The molecule has 0 atom stereocenters. The van der Waals surface area contributed by atoms with Crippen LogP contribution in [0.4, 0.5) is 0 Å². The zero-order chi connectivity index (χ0) is 20.2. The van der Waals surface area contributed by atoms with E-state index in [1.807, 2.05) is 36.4 Å². The monoisotopic (exact) mass is 420 g/mol. The number of amides is 1. The van der Waals surface area contributed by atoms with Gasteiger partial charge >= 0.3 is 0 Å². The molecule has 5 nitrogen and oxygen atoms in total. The minimum atomic E-state index is -0.367. The first-order valence-electron chi connectivity index (χ1n) is 8.71. The maximum absolute atomic E-state index is 12.9. The number of hydrogen-bond acceptors (Lipinski definition) is 4. The van der Waals surface area contributed by atoms with E-state index < -0.39 is 0 Å². The zero-order valence-corrected chi connectivity index (χ0v) is 16.5. The van der Waals surface area contributed by atoms with E-state index in [-0.39, 0.29) is 5.91 Å². The predicted octanol–water partition coefficient (Wildman–Crippen LogP) is 5.37. The van der Waals surface area contributed by atoms with Crippen molar-refractivity contribution in [2.24, 2.45) is 5.10 Å². The second kappa shape index (κ2) is 8.39. The van der Waals surface area contributed by atoms with Gasteiger partial charge in [-0.25, -0.2) is 10.4 Å². The fourth-order valence-electron chi connectivity index (χ4n) is 2.88. The molecule has 0 radical (unpaired) electrons. The average Bonchev–Trinajstić information content (AvgIpc) is 2.75. The van der Waals surface area contributed by atoms with Gasteiger partial charge in [-0.15, -0.1) is 0 Å². The van der Waals surface area contributed by atoms with Crippen LogP contribution in [0.5, 0.6) is 0 Å². The summed E-state index contributed by atoms with van der Waals surface area (Å²) in [4.78, 5) is 21.6. The molecule has 29 heavy (non-hydrogen) atoms. The Bertz CT molecular complexity index is 1210. The highest BCUT2D eigenvalue weighted by Crippen LogP contribution is 2.25. The van der Waals surface area contributed by atoms with Crippen LogP contribution in [0.2, 0.25) is 10.0 Å². The van der Waals surface area contributed by atoms with Gasteiger partial charge in [0.1, 0.15) is 0 Å². The largest absolute Gasteiger partial charge is 0.272 e. The first-order valence-corrected chi connectivity index (χ1v) is 9.46. The van der Waals surface area contributed by atoms with Gasteiger partial charge in [0.25, 0.3) is 5.91 Å². The number of nitrogens with zero attached hydrogens (tertiary/aromatic N) is 3. The lowest BCUT2D eigenvalue weighted by Crippen LogP contribution is -2.18. The molecule has 4 rings (SSSR count). The standard InChI is InChI=1S/C22H14Cl2N4O/c23-18-7-3-8-19(24)17(18)13-26-28-22(29)16-11-21(14-5-4-10-25-12-14)27-20-9-2-1-6-15(16)20/h1-13H,(H,28,29). The third kappa shape index (κ3) is 4.11. The third-order valence-corrected chi connectivity index (χ3v) is 4.94. The molecule has 0 bridgehead atoms. The number of fused-ring (bicyclic) bond motifs is 1. The summed E-state index contributed by atoms with van der Waals surface area (Å²) < 4.78 is 0. The number of hydrazone groups is 1. The van der Waals surface area contributed by atoms with Gasteiger partial charge in [-0.1, -0.05) is 47.5 Å². The van der Waals surface area contributed by atoms with Crippen LogP contribution in [-0.4, -0.2) is 22.1 Å². The van der Waals surface area contributed by atoms with E-state index in [1.165, 1.54) is 6.21 Å². The van der Waals surface area contributed by atoms with Crippen molar-refractivity contribution in [2.75, 3.05) is 0 Å². The zero-order valence-electron chi connectivity index (χ0n) is 15.0. The van der Waals surface area contributed by atoms with E-state index in [0.29, 0.717) is 32.4 Å². The van der Waals surface area contributed by atoms with Crippen molar-refractivity contribution in [3.05, 3.63) is 94.2 Å². The lowest BCUT2D eigenvalue weighted by atomic mass is 10.0. The first-order chi connectivity index (χ1) is 14.1. The molecule has 0 saturated carbocycles. The lowest BCUT2D eigenvalue weighted by Gasteiger charge is -2.09. The van der Waals surface area contributed by atoms with Crippen LogP contribution in [0, 0.1) is 0 Å². The molecule has 0 aliphatic rings. The maximum Gasteiger partial charge on any atom is 0.272 e. The second-order valence-corrected chi connectivity index (χ2v) is 6.96. The Labute approximate surface area is 177 Å². The van der Waals surface area contributed by atoms with Crippen molar-refractivity contribution in [3.63, 3.8) is 0 Å². The Balaban J connectivity index is 1.69. The maximum atomic E-state index is 12.9. The summed E-state index contributed by atoms with van der Waals surface area (Å²) in [5.41, 5.74) is 5.71. The number of rotatable bonds is 4. The fraction of sp³-hybridized carbons (Fsp3) is 0. The summed E-state index contributed by atoms with van der Waals surface area (Å²) >= 11 is 12.3. The van der Waals surface area contributed by atoms with Crippen molar-refractivity contribution >= 4 is 46.2 Å². The van der Waals surface area contributed by atoms with Gasteiger partial charge in [0.15, 0.2) is 0 Å². The van der Waals surface area contributed by atoms with Crippen molar-refractivity contribution in [1.82, 2.24) is 15.4 Å². The van der Waals surface area contributed by atoms with Crippen LogP contribution in [0.15, 0.2) is 78.2 Å². The van der Waals surface area contributed by atoms with Crippen LogP contribution in [0.3, 0.4) is 0 Å². The SMILES string of the molecule is O=C(NN=Cc1c(Cl)cccc1Cl)c1cc(-c2cccnc2)nc2ccccc12. The third-order valence-electron chi connectivity index (χ3n) is 4.28. The summed E-state index contributed by atoms with van der Waals surface area (Å²) in [6.45, 7) is 0. The summed E-state index contributed by atoms with van der Waals surface area (Å²) in [5, 5.41) is 5.64. The lowest BCUT2D eigenvalue weighted by molar-refractivity contribution is 0.0956. The Morgan fingerprint density at radius 3 is 2.55 bits per heavy atom. The topological polar surface area (TPSA) is 67.2 Å². The van der Waals surface area contributed by atoms with Crippen LogP contribution in [0.1, 0.15) is 15.9 Å². The van der Waals surface area contributed by atoms with Gasteiger partial charge in [0, 0.05) is 28.9 Å². The molecule has 2 aromatic carbocycles. The van der Waals surface area contributed by atoms with Gasteiger partial charge in [-0.2, -0.15) is 5.10 Å². The van der Waals surface area contributed by atoms with Crippen LogP contribution in [0.25, 0.3) is 22.2 Å². The number of halogens is 2. The van der Waals surface area contributed by atoms with Crippen LogP contribution < -0.4 is 5.43 Å². The van der Waals surface area contributed by atoms with Crippen molar-refractivity contribution in [1.29, 1.82) is 0 Å². The first kappa shape index (κ1) is 19.1. The highest BCUT2D eigenvalue weighted by atomic mass is 35.5. The molecule has 1 N–H and O–H groups in total. The van der Waals surface area contributed by atoms with Gasteiger partial charge in [-0.3, -0.25) is 9.78 Å². The molecular formula is C22H14Cl2N4O. The number of aromatic nitrogens is 2. The summed E-state index contributed by atoms with van der Waals surface area (Å²) in [7, 11) is 0. The van der Waals surface area contributed by atoms with Crippen molar-refractivity contribution < 1.29 is 4.79 Å². The van der Waals surface area contributed by atoms with Crippen molar-refractivity contribution in [2.45, 2.75) is 0 Å². The summed E-state index contributed by atoms with van der Waals surface area (Å²) in [6, 6.07) is 18.0. The molecule has 0 saturated heterocycles. The molecule has 142 valence electrons. The molecule has 1 amide bonds. The molecule has 7 heteroatoms. The quantitative estimate of drug-likeness (QED) is 0.356. The number of pyridine rings is 2. The molecular weight excluding hydrogens is 407 g/mol. The minimum Gasteiger partial charge on any atom is -0.267 e. The number of nitrogens with one attached hydrogen (secondary N) is 1. The van der Waals surface area contributed by atoms with Crippen LogP contribution in [-0.2, 0) is 0 Å². The average molecular weight is 421 g/mol. The Morgan fingerprint density at radius 1 is 1.00 bits per heavy atom. The number of para-hydroxylation sites is 1. The minimum absolute atomic E-state index is 0.367. The van der Waals surface area contributed by atoms with E-state index in [4.69, 9.17) is 23.2 Å². The molecule has 0 spiro atoms. The van der Waals surface area contributed by atoms with Gasteiger partial charge in [0.05, 0.1) is 33.0 Å². The smallest absolute Gasteiger partial charge is 0.267 e. The molecule has 0 aliphatic carbocycles. The Hall–Kier alpha value is -3.28. The Morgan fingerprint density at radius 2 is 1.79 bits per heavy atom. The number of carbonyl (C=O) groups excluding carboxylic acids is 1. The van der Waals surface area contributed by atoms with Gasteiger partial charge in [0.2, 0.25) is 0 Å². The van der Waals surface area contributed by atoms with E-state index in [1.54, 1.807) is 36.7 Å². The summed E-state index contributed by atoms with van der Waals surface area (Å²) in [5.74, 6) is -0.367. The number of carbonyl (C=O) groups is 1. The van der Waals surface area contributed by atoms with Gasteiger partial charge < -0.3 is 0 Å². The molecule has 2 aromatic heterocycles.